The number of benzene rings is 1. The molecule has 0 saturated carbocycles. The molecule has 3 heterocycles. The summed E-state index contributed by atoms with van der Waals surface area (Å²) < 4.78 is 15.0. The second-order valence-corrected chi connectivity index (χ2v) is 6.38. The van der Waals surface area contributed by atoms with Crippen LogP contribution in [-0.2, 0) is 18.3 Å². The molecule has 26 heavy (non-hydrogen) atoms. The maximum absolute atomic E-state index is 13.3. The molecule has 1 aliphatic rings. The number of carbonyl (C=O) groups is 1. The van der Waals surface area contributed by atoms with E-state index in [4.69, 9.17) is 0 Å². The number of hydrogen-bond acceptors (Lipinski definition) is 5. The number of fused-ring (bicyclic) bond motifs is 1. The Morgan fingerprint density at radius 3 is 2.77 bits per heavy atom. The molecule has 0 aliphatic carbocycles. The standard InChI is InChI=1S/C18H19FN6O/c1-23-17-15(11-22-23)18(21-12-20-17)25-7-5-24(6-8-25)16(26)10-13-3-2-4-14(19)9-13/h2-4,9,11-12H,5-8,10H2,1H3. The SMILES string of the molecule is Cn1ncc2c(N3CCN(C(=O)Cc4cccc(F)c4)CC3)ncnc21. The van der Waals surface area contributed by atoms with E-state index in [0.717, 1.165) is 16.9 Å². The van der Waals surface area contributed by atoms with E-state index in [2.05, 4.69) is 20.0 Å². The van der Waals surface area contributed by atoms with Gasteiger partial charge in [-0.1, -0.05) is 12.1 Å². The zero-order valence-electron chi connectivity index (χ0n) is 14.5. The number of amides is 1. The van der Waals surface area contributed by atoms with Gasteiger partial charge < -0.3 is 9.80 Å². The first-order valence-corrected chi connectivity index (χ1v) is 8.52. The number of piperazine rings is 1. The van der Waals surface area contributed by atoms with Gasteiger partial charge in [-0.25, -0.2) is 14.4 Å². The minimum atomic E-state index is -0.315. The zero-order chi connectivity index (χ0) is 18.1. The summed E-state index contributed by atoms with van der Waals surface area (Å²) >= 11 is 0. The van der Waals surface area contributed by atoms with Crippen LogP contribution in [0.15, 0.2) is 36.8 Å². The van der Waals surface area contributed by atoms with E-state index in [-0.39, 0.29) is 18.1 Å². The van der Waals surface area contributed by atoms with Gasteiger partial charge in [-0.05, 0) is 17.7 Å². The Kier molecular flexibility index (Phi) is 4.24. The number of halogens is 1. The monoisotopic (exact) mass is 354 g/mol. The van der Waals surface area contributed by atoms with Crippen LogP contribution in [-0.4, -0.2) is 56.7 Å². The summed E-state index contributed by atoms with van der Waals surface area (Å²) in [6, 6.07) is 6.20. The Morgan fingerprint density at radius 2 is 2.00 bits per heavy atom. The fraction of sp³-hybridized carbons (Fsp3) is 0.333. The third-order valence-electron chi connectivity index (χ3n) is 4.68. The molecule has 0 spiro atoms. The van der Waals surface area contributed by atoms with Crippen molar-refractivity contribution < 1.29 is 9.18 Å². The summed E-state index contributed by atoms with van der Waals surface area (Å²) in [6.07, 6.45) is 3.53. The molecule has 0 unspecified atom stereocenters. The molecule has 134 valence electrons. The van der Waals surface area contributed by atoms with Crippen LogP contribution in [0.5, 0.6) is 0 Å². The molecule has 1 aromatic carbocycles. The molecule has 0 N–H and O–H groups in total. The summed E-state index contributed by atoms with van der Waals surface area (Å²) in [5.41, 5.74) is 1.49. The highest BCUT2D eigenvalue weighted by atomic mass is 19.1. The normalized spacial score (nSPS) is 14.8. The van der Waals surface area contributed by atoms with Gasteiger partial charge in [0.1, 0.15) is 18.0 Å². The van der Waals surface area contributed by atoms with E-state index >= 15 is 0 Å². The Balaban J connectivity index is 1.43. The molecule has 1 amide bonds. The second-order valence-electron chi connectivity index (χ2n) is 6.38. The first-order chi connectivity index (χ1) is 12.6. The van der Waals surface area contributed by atoms with Crippen LogP contribution in [0.25, 0.3) is 11.0 Å². The van der Waals surface area contributed by atoms with Gasteiger partial charge >= 0.3 is 0 Å². The van der Waals surface area contributed by atoms with Crippen LogP contribution in [0.4, 0.5) is 10.2 Å². The van der Waals surface area contributed by atoms with Gasteiger partial charge in [0, 0.05) is 33.2 Å². The van der Waals surface area contributed by atoms with Crippen LogP contribution in [0.2, 0.25) is 0 Å². The first kappa shape index (κ1) is 16.4. The topological polar surface area (TPSA) is 67.2 Å². The van der Waals surface area contributed by atoms with E-state index in [1.165, 1.54) is 12.1 Å². The average molecular weight is 354 g/mol. The van der Waals surface area contributed by atoms with Gasteiger partial charge in [0.15, 0.2) is 5.65 Å². The zero-order valence-corrected chi connectivity index (χ0v) is 14.5. The number of carbonyl (C=O) groups excluding carboxylic acids is 1. The van der Waals surface area contributed by atoms with E-state index in [1.54, 1.807) is 29.3 Å². The Morgan fingerprint density at radius 1 is 1.19 bits per heavy atom. The van der Waals surface area contributed by atoms with Gasteiger partial charge in [0.05, 0.1) is 18.0 Å². The number of hydrogen-bond donors (Lipinski definition) is 0. The molecule has 7 nitrogen and oxygen atoms in total. The predicted octanol–water partition coefficient (Wildman–Crippen LogP) is 1.39. The largest absolute Gasteiger partial charge is 0.352 e. The second kappa shape index (κ2) is 6.70. The van der Waals surface area contributed by atoms with Crippen LogP contribution in [0, 0.1) is 5.82 Å². The number of nitrogens with zero attached hydrogens (tertiary/aromatic N) is 6. The fourth-order valence-corrected chi connectivity index (χ4v) is 3.30. The Labute approximate surface area is 150 Å². The fourth-order valence-electron chi connectivity index (χ4n) is 3.30. The predicted molar refractivity (Wildman–Crippen MR) is 95.2 cm³/mol. The quantitative estimate of drug-likeness (QED) is 0.711. The maximum atomic E-state index is 13.3. The van der Waals surface area contributed by atoms with Gasteiger partial charge in [0.25, 0.3) is 0 Å². The average Bonchev–Trinajstić information content (AvgIpc) is 3.03. The molecule has 0 atom stereocenters. The molecule has 3 aromatic rings. The third-order valence-corrected chi connectivity index (χ3v) is 4.68. The minimum absolute atomic E-state index is 0.0180. The molecule has 0 radical (unpaired) electrons. The van der Waals surface area contributed by atoms with Crippen molar-refractivity contribution >= 4 is 22.8 Å². The van der Waals surface area contributed by atoms with Crippen molar-refractivity contribution in [2.75, 3.05) is 31.1 Å². The van der Waals surface area contributed by atoms with Crippen LogP contribution in [0.3, 0.4) is 0 Å². The van der Waals surface area contributed by atoms with E-state index < -0.39 is 0 Å². The highest BCUT2D eigenvalue weighted by Gasteiger charge is 2.23. The lowest BCUT2D eigenvalue weighted by Gasteiger charge is -2.35. The van der Waals surface area contributed by atoms with Crippen molar-refractivity contribution in [2.45, 2.75) is 6.42 Å². The summed E-state index contributed by atoms with van der Waals surface area (Å²) in [5.74, 6) is 0.550. The molecule has 1 aliphatic heterocycles. The molecular formula is C18H19FN6O. The van der Waals surface area contributed by atoms with Gasteiger partial charge in [-0.15, -0.1) is 0 Å². The van der Waals surface area contributed by atoms with E-state index in [1.807, 2.05) is 11.9 Å². The van der Waals surface area contributed by atoms with Crippen LogP contribution < -0.4 is 4.90 Å². The van der Waals surface area contributed by atoms with Crippen molar-refractivity contribution in [3.63, 3.8) is 0 Å². The minimum Gasteiger partial charge on any atom is -0.352 e. The summed E-state index contributed by atoms with van der Waals surface area (Å²) in [7, 11) is 1.85. The highest BCUT2D eigenvalue weighted by Crippen LogP contribution is 2.23. The molecule has 1 fully saturated rings. The Bertz CT molecular complexity index is 948. The van der Waals surface area contributed by atoms with Crippen molar-refractivity contribution in [1.82, 2.24) is 24.6 Å². The van der Waals surface area contributed by atoms with Gasteiger partial charge in [-0.2, -0.15) is 5.10 Å². The molecular weight excluding hydrogens is 335 g/mol. The van der Waals surface area contributed by atoms with Crippen molar-refractivity contribution in [1.29, 1.82) is 0 Å². The van der Waals surface area contributed by atoms with E-state index in [0.29, 0.717) is 31.7 Å². The lowest BCUT2D eigenvalue weighted by Crippen LogP contribution is -2.49. The molecule has 4 rings (SSSR count). The van der Waals surface area contributed by atoms with Crippen molar-refractivity contribution in [2.24, 2.45) is 7.05 Å². The summed E-state index contributed by atoms with van der Waals surface area (Å²) in [5, 5.41) is 5.15. The lowest BCUT2D eigenvalue weighted by atomic mass is 10.1. The molecule has 0 bridgehead atoms. The van der Waals surface area contributed by atoms with E-state index in [9.17, 15) is 9.18 Å². The lowest BCUT2D eigenvalue weighted by molar-refractivity contribution is -0.130. The van der Waals surface area contributed by atoms with Crippen LogP contribution >= 0.6 is 0 Å². The van der Waals surface area contributed by atoms with Crippen molar-refractivity contribution in [3.05, 3.63) is 48.2 Å². The molecule has 8 heteroatoms. The summed E-state index contributed by atoms with van der Waals surface area (Å²) in [6.45, 7) is 2.60. The molecule has 2 aromatic heterocycles. The number of aromatic nitrogens is 4. The van der Waals surface area contributed by atoms with Gasteiger partial charge in [-0.3, -0.25) is 9.48 Å². The number of anilines is 1. The Hall–Kier alpha value is -3.03. The smallest absolute Gasteiger partial charge is 0.227 e. The van der Waals surface area contributed by atoms with Crippen LogP contribution in [0.1, 0.15) is 5.56 Å². The number of rotatable bonds is 3. The van der Waals surface area contributed by atoms with Crippen molar-refractivity contribution in [3.8, 4) is 0 Å². The third kappa shape index (κ3) is 3.10. The highest BCUT2D eigenvalue weighted by molar-refractivity contribution is 5.87. The summed E-state index contributed by atoms with van der Waals surface area (Å²) in [4.78, 5) is 25.1. The molecule has 1 saturated heterocycles. The maximum Gasteiger partial charge on any atom is 0.227 e. The van der Waals surface area contributed by atoms with Gasteiger partial charge in [0.2, 0.25) is 5.91 Å². The number of aryl methyl sites for hydroxylation is 1. The first-order valence-electron chi connectivity index (χ1n) is 8.52.